The first-order valence-electron chi connectivity index (χ1n) is 13.8. The first-order valence-corrected chi connectivity index (χ1v) is 14.8. The number of benzene rings is 1. The van der Waals surface area contributed by atoms with E-state index < -0.39 is 64.9 Å². The highest BCUT2D eigenvalue weighted by atomic mass is 32.2. The van der Waals surface area contributed by atoms with Crippen LogP contribution in [0.2, 0.25) is 0 Å². The number of esters is 1. The Morgan fingerprint density at radius 2 is 1.86 bits per heavy atom. The summed E-state index contributed by atoms with van der Waals surface area (Å²) in [4.78, 5) is 65.4. The lowest BCUT2D eigenvalue weighted by Gasteiger charge is -2.33. The molecule has 1 saturated heterocycles. The zero-order valence-corrected chi connectivity index (χ0v) is 25.6. The van der Waals surface area contributed by atoms with E-state index >= 15 is 0 Å². The van der Waals surface area contributed by atoms with E-state index in [1.54, 1.807) is 27.7 Å². The van der Waals surface area contributed by atoms with Crippen LogP contribution >= 0.6 is 11.8 Å². The number of nitrogens with one attached hydrogen (secondary N) is 4. The van der Waals surface area contributed by atoms with Gasteiger partial charge in [-0.1, -0.05) is 38.5 Å². The van der Waals surface area contributed by atoms with E-state index in [1.807, 2.05) is 31.2 Å². The number of para-hydroxylation sites is 1. The van der Waals surface area contributed by atoms with E-state index in [0.717, 1.165) is 11.3 Å². The third-order valence-corrected chi connectivity index (χ3v) is 8.58. The Kier molecular flexibility index (Phi) is 10.7. The number of ether oxygens (including phenoxy) is 2. The second-order valence-corrected chi connectivity index (χ2v) is 12.6. The molecule has 0 radical (unpaired) electrons. The highest BCUT2D eigenvalue weighted by Gasteiger charge is 2.61. The molecule has 1 aromatic rings. The number of aliphatic hydroxyl groups is 1. The predicted molar refractivity (Wildman–Crippen MR) is 156 cm³/mol. The highest BCUT2D eigenvalue weighted by molar-refractivity contribution is 8.00. The Labute approximate surface area is 249 Å². The summed E-state index contributed by atoms with van der Waals surface area (Å²) >= 11 is 1.22. The van der Waals surface area contributed by atoms with Crippen molar-refractivity contribution in [3.8, 4) is 0 Å². The summed E-state index contributed by atoms with van der Waals surface area (Å²) in [6.07, 6.45) is -0.682. The SMILES string of the molecule is CCC(C)[C@H](NC(=O)CNC(=O)[C@@H]1CC2(SCO)c3ccccc3NC2N1C(=O)OC(C)(C)C)C(=O)NCC(=O)OC. The first-order chi connectivity index (χ1) is 19.8. The fourth-order valence-corrected chi connectivity index (χ4v) is 6.29. The summed E-state index contributed by atoms with van der Waals surface area (Å²) < 4.78 is 9.36. The molecular weight excluding hydrogens is 566 g/mol. The van der Waals surface area contributed by atoms with Crippen molar-refractivity contribution in [2.75, 3.05) is 31.5 Å². The number of amides is 4. The fraction of sp³-hybridized carbons (Fsp3) is 0.607. The van der Waals surface area contributed by atoms with Gasteiger partial charge >= 0.3 is 12.1 Å². The Balaban J connectivity index is 1.78. The summed E-state index contributed by atoms with van der Waals surface area (Å²) in [7, 11) is 1.20. The number of anilines is 1. The summed E-state index contributed by atoms with van der Waals surface area (Å²) in [6, 6.07) is 5.51. The van der Waals surface area contributed by atoms with Crippen LogP contribution in [0.5, 0.6) is 0 Å². The van der Waals surface area contributed by atoms with Crippen LogP contribution in [-0.2, 0) is 33.4 Å². The predicted octanol–water partition coefficient (Wildman–Crippen LogP) is 1.26. The number of hydrogen-bond donors (Lipinski definition) is 5. The van der Waals surface area contributed by atoms with Gasteiger partial charge in [0.05, 0.1) is 24.3 Å². The molecule has 3 rings (SSSR count). The van der Waals surface area contributed by atoms with Crippen LogP contribution in [0, 0.1) is 5.92 Å². The van der Waals surface area contributed by atoms with Crippen molar-refractivity contribution in [1.29, 1.82) is 0 Å². The molecule has 14 heteroatoms. The molecule has 232 valence electrons. The van der Waals surface area contributed by atoms with Gasteiger partial charge in [0.1, 0.15) is 30.4 Å². The van der Waals surface area contributed by atoms with Crippen LogP contribution in [0.1, 0.15) is 53.0 Å². The maximum Gasteiger partial charge on any atom is 0.412 e. The number of carbonyl (C=O) groups is 5. The zero-order chi connectivity index (χ0) is 31.2. The van der Waals surface area contributed by atoms with Crippen LogP contribution < -0.4 is 21.3 Å². The van der Waals surface area contributed by atoms with Crippen LogP contribution in [0.15, 0.2) is 24.3 Å². The van der Waals surface area contributed by atoms with Crippen molar-refractivity contribution in [2.45, 2.75) is 76.1 Å². The molecule has 2 aliphatic rings. The smallest absolute Gasteiger partial charge is 0.412 e. The van der Waals surface area contributed by atoms with Crippen LogP contribution in [0.3, 0.4) is 0 Å². The molecule has 2 heterocycles. The number of fused-ring (bicyclic) bond motifs is 3. The third kappa shape index (κ3) is 7.27. The highest BCUT2D eigenvalue weighted by Crippen LogP contribution is 2.57. The van der Waals surface area contributed by atoms with Gasteiger partial charge in [0.15, 0.2) is 0 Å². The molecule has 1 fully saturated rings. The Morgan fingerprint density at radius 1 is 1.17 bits per heavy atom. The van der Waals surface area contributed by atoms with Gasteiger partial charge in [0.25, 0.3) is 0 Å². The summed E-state index contributed by atoms with van der Waals surface area (Å²) in [5.41, 5.74) is 0.805. The van der Waals surface area contributed by atoms with Crippen molar-refractivity contribution in [3.05, 3.63) is 29.8 Å². The number of thioether (sulfide) groups is 1. The standard InChI is InChI=1S/C28H41N5O8S/c1-7-16(2)22(24(38)30-14-21(36)40-6)32-20(35)13-29-23(37)19-12-28(42-15-34)17-10-8-9-11-18(17)31-25(28)33(19)26(39)41-27(3,4)5/h8-11,16,19,22,25,31,34H,7,12-15H2,1-6H3,(H,29,37)(H,30,38)(H,32,35)/t16?,19-,22-,25?,28?/m0/s1. The molecular formula is C28H41N5O8S. The molecule has 1 aromatic carbocycles. The van der Waals surface area contributed by atoms with Gasteiger partial charge in [0, 0.05) is 5.69 Å². The molecule has 5 N–H and O–H groups in total. The van der Waals surface area contributed by atoms with Gasteiger partial charge in [-0.3, -0.25) is 24.1 Å². The number of rotatable bonds is 11. The molecule has 0 aliphatic carbocycles. The number of methoxy groups -OCH3 is 1. The number of aliphatic hydroxyl groups excluding tert-OH is 1. The molecule has 0 spiro atoms. The summed E-state index contributed by atoms with van der Waals surface area (Å²) in [5, 5.41) is 21.0. The van der Waals surface area contributed by atoms with Crippen molar-refractivity contribution in [2.24, 2.45) is 5.92 Å². The first kappa shape index (κ1) is 33.0. The largest absolute Gasteiger partial charge is 0.468 e. The average molecular weight is 608 g/mol. The average Bonchev–Trinajstić information content (AvgIpc) is 3.42. The summed E-state index contributed by atoms with van der Waals surface area (Å²) in [5.74, 6) is -2.90. The van der Waals surface area contributed by atoms with E-state index in [1.165, 1.54) is 23.8 Å². The number of carbonyl (C=O) groups excluding carboxylic acids is 5. The maximum atomic E-state index is 13.6. The second kappa shape index (κ2) is 13.6. The van der Waals surface area contributed by atoms with Crippen LogP contribution in [0.4, 0.5) is 10.5 Å². The molecule has 2 aliphatic heterocycles. The molecule has 0 saturated carbocycles. The van der Waals surface area contributed by atoms with E-state index in [0.29, 0.717) is 6.42 Å². The van der Waals surface area contributed by atoms with E-state index in [-0.39, 0.29) is 24.8 Å². The van der Waals surface area contributed by atoms with E-state index in [4.69, 9.17) is 4.74 Å². The van der Waals surface area contributed by atoms with Crippen molar-refractivity contribution in [3.63, 3.8) is 0 Å². The van der Waals surface area contributed by atoms with Gasteiger partial charge in [-0.05, 0) is 44.7 Å². The second-order valence-electron chi connectivity index (χ2n) is 11.3. The summed E-state index contributed by atoms with van der Waals surface area (Å²) in [6.45, 7) is 8.01. The van der Waals surface area contributed by atoms with Crippen LogP contribution in [0.25, 0.3) is 0 Å². The third-order valence-electron chi connectivity index (χ3n) is 7.33. The van der Waals surface area contributed by atoms with Gasteiger partial charge in [-0.2, -0.15) is 0 Å². The minimum absolute atomic E-state index is 0.158. The molecule has 4 amide bonds. The molecule has 5 atom stereocenters. The normalized spacial score (nSPS) is 22.1. The number of nitrogens with zero attached hydrogens (tertiary/aromatic N) is 1. The molecule has 0 bridgehead atoms. The van der Waals surface area contributed by atoms with Crippen molar-refractivity contribution in [1.82, 2.24) is 20.9 Å². The lowest BCUT2D eigenvalue weighted by molar-refractivity contribution is -0.141. The van der Waals surface area contributed by atoms with E-state index in [2.05, 4.69) is 26.0 Å². The minimum atomic E-state index is -1.02. The van der Waals surface area contributed by atoms with Gasteiger partial charge < -0.3 is 35.8 Å². The minimum Gasteiger partial charge on any atom is -0.468 e. The molecule has 0 aromatic heterocycles. The topological polar surface area (TPSA) is 175 Å². The van der Waals surface area contributed by atoms with E-state index in [9.17, 15) is 29.1 Å². The Bertz CT molecular complexity index is 1190. The molecule has 13 nitrogen and oxygen atoms in total. The van der Waals surface area contributed by atoms with Crippen LogP contribution in [-0.4, -0.2) is 89.8 Å². The lowest BCUT2D eigenvalue weighted by atomic mass is 9.95. The van der Waals surface area contributed by atoms with Gasteiger partial charge in [-0.15, -0.1) is 11.8 Å². The molecule has 3 unspecified atom stereocenters. The van der Waals surface area contributed by atoms with Crippen molar-refractivity contribution < 1.29 is 38.6 Å². The molecule has 42 heavy (non-hydrogen) atoms. The van der Waals surface area contributed by atoms with Gasteiger partial charge in [0.2, 0.25) is 17.7 Å². The number of hydrogen-bond acceptors (Lipinski definition) is 10. The lowest BCUT2D eigenvalue weighted by Crippen LogP contribution is -2.55. The number of likely N-dealkylation sites (tertiary alicyclic amines) is 1. The zero-order valence-electron chi connectivity index (χ0n) is 24.8. The Hall–Kier alpha value is -3.52. The Morgan fingerprint density at radius 3 is 2.48 bits per heavy atom. The maximum absolute atomic E-state index is 13.6. The fourth-order valence-electron chi connectivity index (χ4n) is 5.12. The van der Waals surface area contributed by atoms with Gasteiger partial charge in [-0.25, -0.2) is 4.79 Å². The van der Waals surface area contributed by atoms with Crippen molar-refractivity contribution >= 4 is 47.2 Å². The monoisotopic (exact) mass is 607 g/mol. The quantitative estimate of drug-likeness (QED) is 0.182.